The van der Waals surface area contributed by atoms with E-state index < -0.39 is 0 Å². The highest BCUT2D eigenvalue weighted by Crippen LogP contribution is 2.25. The predicted octanol–water partition coefficient (Wildman–Crippen LogP) is 4.09. The molecule has 0 spiro atoms. The topological polar surface area (TPSA) is 50.7 Å². The van der Waals surface area contributed by atoms with Crippen molar-refractivity contribution in [3.8, 4) is 11.5 Å². The van der Waals surface area contributed by atoms with E-state index in [-0.39, 0.29) is 11.4 Å². The number of halogens is 1. The molecular formula is C20H18FN3O. The first-order chi connectivity index (χ1) is 12.0. The molecule has 0 bridgehead atoms. The van der Waals surface area contributed by atoms with Gasteiger partial charge in [-0.1, -0.05) is 13.0 Å². The van der Waals surface area contributed by atoms with Crippen molar-refractivity contribution in [3.63, 3.8) is 0 Å². The molecule has 0 fully saturated rings. The van der Waals surface area contributed by atoms with E-state index in [9.17, 15) is 9.18 Å². The standard InChI is InChI=1S/C20H18FN3O/c1-4-12-7-11(2)8-15-18(12)23-19(24(3)20(15)25)17-10-13-9-14(21)5-6-16(13)22-17/h5-10,22H,4H2,1-3H3. The SMILES string of the molecule is CCc1cc(C)cc2c(=O)n(C)c(-c3cc4cc(F)ccc4[nH]3)nc12. The Morgan fingerprint density at radius 1 is 1.20 bits per heavy atom. The summed E-state index contributed by atoms with van der Waals surface area (Å²) in [5.74, 6) is 0.259. The Bertz CT molecular complexity index is 1190. The Morgan fingerprint density at radius 3 is 2.76 bits per heavy atom. The lowest BCUT2D eigenvalue weighted by Gasteiger charge is -2.11. The number of aromatic nitrogens is 3. The minimum atomic E-state index is -0.290. The lowest BCUT2D eigenvalue weighted by Crippen LogP contribution is -2.21. The van der Waals surface area contributed by atoms with Crippen molar-refractivity contribution in [1.82, 2.24) is 14.5 Å². The van der Waals surface area contributed by atoms with Crippen molar-refractivity contribution in [3.05, 3.63) is 63.7 Å². The van der Waals surface area contributed by atoms with Gasteiger partial charge in [-0.25, -0.2) is 9.37 Å². The molecule has 0 amide bonds. The number of fused-ring (bicyclic) bond motifs is 2. The number of hydrogen-bond donors (Lipinski definition) is 1. The number of nitrogens with zero attached hydrogens (tertiary/aromatic N) is 2. The van der Waals surface area contributed by atoms with E-state index in [4.69, 9.17) is 4.98 Å². The van der Waals surface area contributed by atoms with Crippen LogP contribution in [0.5, 0.6) is 0 Å². The van der Waals surface area contributed by atoms with Gasteiger partial charge in [0.1, 0.15) is 5.82 Å². The van der Waals surface area contributed by atoms with Gasteiger partial charge in [-0.3, -0.25) is 9.36 Å². The Balaban J connectivity index is 2.05. The first-order valence-corrected chi connectivity index (χ1v) is 8.27. The van der Waals surface area contributed by atoms with Gasteiger partial charge in [-0.2, -0.15) is 0 Å². The van der Waals surface area contributed by atoms with Crippen LogP contribution in [-0.4, -0.2) is 14.5 Å². The van der Waals surface area contributed by atoms with Gasteiger partial charge in [0, 0.05) is 18.0 Å². The average Bonchev–Trinajstić information content (AvgIpc) is 3.00. The van der Waals surface area contributed by atoms with Crippen molar-refractivity contribution in [2.45, 2.75) is 20.3 Å². The van der Waals surface area contributed by atoms with Crippen molar-refractivity contribution in [1.29, 1.82) is 0 Å². The van der Waals surface area contributed by atoms with Gasteiger partial charge in [0.2, 0.25) is 0 Å². The number of hydrogen-bond acceptors (Lipinski definition) is 2. The third kappa shape index (κ3) is 2.43. The minimum absolute atomic E-state index is 0.0803. The molecule has 0 atom stereocenters. The minimum Gasteiger partial charge on any atom is -0.352 e. The Morgan fingerprint density at radius 2 is 2.00 bits per heavy atom. The van der Waals surface area contributed by atoms with Crippen LogP contribution in [0, 0.1) is 12.7 Å². The maximum absolute atomic E-state index is 13.5. The van der Waals surface area contributed by atoms with Crippen molar-refractivity contribution in [2.24, 2.45) is 7.05 Å². The molecule has 1 N–H and O–H groups in total. The summed E-state index contributed by atoms with van der Waals surface area (Å²) in [5, 5.41) is 1.38. The number of aryl methyl sites for hydroxylation is 2. The van der Waals surface area contributed by atoms with Gasteiger partial charge in [-0.05, 0) is 54.8 Å². The fourth-order valence-corrected chi connectivity index (χ4v) is 3.34. The Hall–Kier alpha value is -2.95. The van der Waals surface area contributed by atoms with Crippen LogP contribution >= 0.6 is 0 Å². The van der Waals surface area contributed by atoms with Gasteiger partial charge in [0.25, 0.3) is 5.56 Å². The van der Waals surface area contributed by atoms with E-state index in [1.165, 1.54) is 12.1 Å². The second-order valence-electron chi connectivity index (χ2n) is 6.39. The monoisotopic (exact) mass is 335 g/mol. The van der Waals surface area contributed by atoms with Gasteiger partial charge >= 0.3 is 0 Å². The molecule has 4 nitrogen and oxygen atoms in total. The summed E-state index contributed by atoms with van der Waals surface area (Å²) in [4.78, 5) is 20.9. The molecule has 0 saturated carbocycles. The zero-order chi connectivity index (χ0) is 17.7. The third-order valence-corrected chi connectivity index (χ3v) is 4.61. The van der Waals surface area contributed by atoms with Crippen LogP contribution in [0.15, 0.2) is 41.2 Å². The molecule has 0 saturated heterocycles. The molecule has 0 aliphatic carbocycles. The zero-order valence-corrected chi connectivity index (χ0v) is 14.4. The Labute approximate surface area is 143 Å². The molecule has 126 valence electrons. The van der Waals surface area contributed by atoms with E-state index in [1.807, 2.05) is 19.1 Å². The number of nitrogens with one attached hydrogen (secondary N) is 1. The summed E-state index contributed by atoms with van der Waals surface area (Å²) in [6.07, 6.45) is 0.801. The molecule has 5 heteroatoms. The molecule has 2 heterocycles. The van der Waals surface area contributed by atoms with Gasteiger partial charge in [0.05, 0.1) is 16.6 Å². The van der Waals surface area contributed by atoms with Gasteiger partial charge in [-0.15, -0.1) is 0 Å². The quantitative estimate of drug-likeness (QED) is 0.600. The highest BCUT2D eigenvalue weighted by atomic mass is 19.1. The van der Waals surface area contributed by atoms with E-state index >= 15 is 0 Å². The van der Waals surface area contributed by atoms with E-state index in [0.29, 0.717) is 16.9 Å². The summed E-state index contributed by atoms with van der Waals surface area (Å²) in [7, 11) is 1.71. The van der Waals surface area contributed by atoms with Crippen LogP contribution in [0.25, 0.3) is 33.3 Å². The van der Waals surface area contributed by atoms with Crippen LogP contribution in [0.4, 0.5) is 4.39 Å². The number of H-pyrrole nitrogens is 1. The average molecular weight is 335 g/mol. The van der Waals surface area contributed by atoms with Crippen LogP contribution in [0.2, 0.25) is 0 Å². The second-order valence-corrected chi connectivity index (χ2v) is 6.39. The van der Waals surface area contributed by atoms with Crippen LogP contribution in [0.1, 0.15) is 18.1 Å². The fraction of sp³-hybridized carbons (Fsp3) is 0.200. The lowest BCUT2D eigenvalue weighted by molar-refractivity contribution is 0.630. The second kappa shape index (κ2) is 5.55. The molecule has 0 unspecified atom stereocenters. The number of rotatable bonds is 2. The van der Waals surface area contributed by atoms with Crippen LogP contribution in [0.3, 0.4) is 0 Å². The van der Waals surface area contributed by atoms with Crippen molar-refractivity contribution < 1.29 is 4.39 Å². The molecule has 0 aliphatic heterocycles. The van der Waals surface area contributed by atoms with E-state index in [2.05, 4.69) is 18.0 Å². The molecule has 0 radical (unpaired) electrons. The maximum atomic E-state index is 13.5. The molecule has 4 rings (SSSR count). The van der Waals surface area contributed by atoms with E-state index in [0.717, 1.165) is 34.0 Å². The summed E-state index contributed by atoms with van der Waals surface area (Å²) >= 11 is 0. The first kappa shape index (κ1) is 15.6. The van der Waals surface area contributed by atoms with Gasteiger partial charge in [0.15, 0.2) is 5.82 Å². The molecule has 4 aromatic rings. The van der Waals surface area contributed by atoms with E-state index in [1.54, 1.807) is 17.7 Å². The largest absolute Gasteiger partial charge is 0.352 e. The maximum Gasteiger partial charge on any atom is 0.261 e. The molecule has 0 aliphatic rings. The van der Waals surface area contributed by atoms with Crippen molar-refractivity contribution in [2.75, 3.05) is 0 Å². The lowest BCUT2D eigenvalue weighted by atomic mass is 10.0. The summed E-state index contributed by atoms with van der Waals surface area (Å²) in [6, 6.07) is 10.3. The van der Waals surface area contributed by atoms with Crippen LogP contribution < -0.4 is 5.56 Å². The highest BCUT2D eigenvalue weighted by molar-refractivity contribution is 5.87. The molecular weight excluding hydrogens is 317 g/mol. The fourth-order valence-electron chi connectivity index (χ4n) is 3.34. The molecule has 2 aromatic carbocycles. The summed E-state index contributed by atoms with van der Waals surface area (Å²) in [6.45, 7) is 4.04. The van der Waals surface area contributed by atoms with Crippen molar-refractivity contribution >= 4 is 21.8 Å². The van der Waals surface area contributed by atoms with Crippen LogP contribution in [-0.2, 0) is 13.5 Å². The number of aromatic amines is 1. The zero-order valence-electron chi connectivity index (χ0n) is 14.4. The highest BCUT2D eigenvalue weighted by Gasteiger charge is 2.15. The third-order valence-electron chi connectivity index (χ3n) is 4.61. The number of benzene rings is 2. The first-order valence-electron chi connectivity index (χ1n) is 8.27. The normalized spacial score (nSPS) is 11.5. The Kier molecular flexibility index (Phi) is 3.46. The smallest absolute Gasteiger partial charge is 0.261 e. The predicted molar refractivity (Wildman–Crippen MR) is 98.3 cm³/mol. The summed E-state index contributed by atoms with van der Waals surface area (Å²) in [5.41, 5.74) is 4.27. The van der Waals surface area contributed by atoms with Gasteiger partial charge < -0.3 is 4.98 Å². The molecule has 2 aromatic heterocycles. The summed E-state index contributed by atoms with van der Waals surface area (Å²) < 4.78 is 15.0. The molecule has 25 heavy (non-hydrogen) atoms.